The Balaban J connectivity index is 1.95. The summed E-state index contributed by atoms with van der Waals surface area (Å²) in [5.74, 6) is -1.69. The van der Waals surface area contributed by atoms with Crippen LogP contribution in [0.5, 0.6) is 0 Å². The second kappa shape index (κ2) is 8.68. The van der Waals surface area contributed by atoms with Crippen LogP contribution in [0.2, 0.25) is 0 Å². The first kappa shape index (κ1) is 18.3. The molecule has 1 aromatic heterocycles. The third-order valence-electron chi connectivity index (χ3n) is 3.71. The van der Waals surface area contributed by atoms with Crippen LogP contribution in [-0.2, 0) is 16.1 Å². The number of carboxylic acid groups (broad SMARTS) is 1. The number of hydrogen-bond acceptors (Lipinski definition) is 4. The highest BCUT2D eigenvalue weighted by atomic mass is 16.4. The number of carbonyl (C=O) groups excluding carboxylic acids is 2. The molecule has 1 unspecified atom stereocenters. The molecule has 0 spiro atoms. The van der Waals surface area contributed by atoms with Gasteiger partial charge in [-0.2, -0.15) is 0 Å². The first-order valence-corrected chi connectivity index (χ1v) is 7.87. The van der Waals surface area contributed by atoms with Gasteiger partial charge in [-0.25, -0.2) is 4.79 Å². The number of hydrogen-bond donors (Lipinski definition) is 2. The summed E-state index contributed by atoms with van der Waals surface area (Å²) >= 11 is 0. The normalized spacial score (nSPS) is 11.6. The molecule has 1 heterocycles. The zero-order valence-corrected chi connectivity index (χ0v) is 13.8. The van der Waals surface area contributed by atoms with Crippen LogP contribution in [0.4, 0.5) is 0 Å². The van der Waals surface area contributed by atoms with Gasteiger partial charge in [-0.05, 0) is 24.6 Å². The Morgan fingerprint density at radius 2 is 1.88 bits per heavy atom. The van der Waals surface area contributed by atoms with Gasteiger partial charge in [0.1, 0.15) is 6.04 Å². The molecule has 2 aromatic rings. The molecule has 0 fully saturated rings. The molecule has 2 amide bonds. The SMILES string of the molecule is CC(C(=O)O)N(Cc1ccccc1)C(=O)CCNC(=O)c1ccco1. The van der Waals surface area contributed by atoms with Crippen LogP contribution in [0.1, 0.15) is 29.5 Å². The van der Waals surface area contributed by atoms with Gasteiger partial charge in [0.15, 0.2) is 5.76 Å². The fraction of sp³-hybridized carbons (Fsp3) is 0.278. The van der Waals surface area contributed by atoms with Crippen molar-refractivity contribution in [2.45, 2.75) is 25.9 Å². The van der Waals surface area contributed by atoms with Crippen LogP contribution in [0.25, 0.3) is 0 Å². The molecule has 25 heavy (non-hydrogen) atoms. The molecule has 0 saturated carbocycles. The molecule has 1 atom stereocenters. The lowest BCUT2D eigenvalue weighted by Crippen LogP contribution is -2.43. The van der Waals surface area contributed by atoms with Crippen LogP contribution in [0.15, 0.2) is 53.1 Å². The van der Waals surface area contributed by atoms with Crippen molar-refractivity contribution >= 4 is 17.8 Å². The molecule has 0 aliphatic heterocycles. The zero-order valence-electron chi connectivity index (χ0n) is 13.8. The third-order valence-corrected chi connectivity index (χ3v) is 3.71. The highest BCUT2D eigenvalue weighted by Gasteiger charge is 2.25. The van der Waals surface area contributed by atoms with E-state index in [-0.39, 0.29) is 31.2 Å². The molecular weight excluding hydrogens is 324 g/mol. The largest absolute Gasteiger partial charge is 0.480 e. The first-order valence-electron chi connectivity index (χ1n) is 7.87. The summed E-state index contributed by atoms with van der Waals surface area (Å²) in [7, 11) is 0. The summed E-state index contributed by atoms with van der Waals surface area (Å²) in [5, 5.41) is 11.8. The molecule has 0 radical (unpaired) electrons. The van der Waals surface area contributed by atoms with Gasteiger partial charge in [0.05, 0.1) is 6.26 Å². The van der Waals surface area contributed by atoms with Gasteiger partial charge in [-0.1, -0.05) is 30.3 Å². The monoisotopic (exact) mass is 344 g/mol. The van der Waals surface area contributed by atoms with E-state index in [9.17, 15) is 19.5 Å². The van der Waals surface area contributed by atoms with Crippen molar-refractivity contribution < 1.29 is 23.9 Å². The fourth-order valence-electron chi connectivity index (χ4n) is 2.28. The molecular formula is C18H20N2O5. The Hall–Kier alpha value is -3.09. The number of furan rings is 1. The molecule has 132 valence electrons. The standard InChI is InChI=1S/C18H20N2O5/c1-13(18(23)24)20(12-14-6-3-2-4-7-14)16(21)9-10-19-17(22)15-8-5-11-25-15/h2-8,11,13H,9-10,12H2,1H3,(H,19,22)(H,23,24). The number of amides is 2. The van der Waals surface area contributed by atoms with Crippen molar-refractivity contribution in [1.29, 1.82) is 0 Å². The van der Waals surface area contributed by atoms with Crippen molar-refractivity contribution in [3.63, 3.8) is 0 Å². The topological polar surface area (TPSA) is 99.9 Å². The Bertz CT molecular complexity index is 712. The fourth-order valence-corrected chi connectivity index (χ4v) is 2.28. The summed E-state index contributed by atoms with van der Waals surface area (Å²) in [6, 6.07) is 11.3. The minimum absolute atomic E-state index is 0.00307. The average Bonchev–Trinajstić information content (AvgIpc) is 3.14. The third kappa shape index (κ3) is 5.20. The van der Waals surface area contributed by atoms with E-state index in [4.69, 9.17) is 4.42 Å². The first-order chi connectivity index (χ1) is 12.0. The highest BCUT2D eigenvalue weighted by molar-refractivity contribution is 5.91. The van der Waals surface area contributed by atoms with Crippen LogP contribution in [0, 0.1) is 0 Å². The van der Waals surface area contributed by atoms with Crippen molar-refractivity contribution in [2.75, 3.05) is 6.54 Å². The smallest absolute Gasteiger partial charge is 0.326 e. The number of carbonyl (C=O) groups is 3. The molecule has 2 N–H and O–H groups in total. The van der Waals surface area contributed by atoms with E-state index in [1.807, 2.05) is 30.3 Å². The quantitative estimate of drug-likeness (QED) is 0.762. The van der Waals surface area contributed by atoms with Crippen LogP contribution in [-0.4, -0.2) is 40.4 Å². The van der Waals surface area contributed by atoms with E-state index in [1.54, 1.807) is 6.07 Å². The Morgan fingerprint density at radius 3 is 2.48 bits per heavy atom. The van der Waals surface area contributed by atoms with Crippen LogP contribution in [0.3, 0.4) is 0 Å². The molecule has 0 aliphatic rings. The average molecular weight is 344 g/mol. The number of benzene rings is 1. The Kier molecular flexibility index (Phi) is 6.33. The summed E-state index contributed by atoms with van der Waals surface area (Å²) in [6.07, 6.45) is 1.38. The van der Waals surface area contributed by atoms with Gasteiger partial charge >= 0.3 is 5.97 Å². The molecule has 0 bridgehead atoms. The summed E-state index contributed by atoms with van der Waals surface area (Å²) < 4.78 is 4.96. The van der Waals surface area contributed by atoms with Gasteiger partial charge in [-0.15, -0.1) is 0 Å². The predicted octanol–water partition coefficient (Wildman–Crippen LogP) is 1.90. The maximum absolute atomic E-state index is 12.4. The van der Waals surface area contributed by atoms with Gasteiger partial charge in [-0.3, -0.25) is 9.59 Å². The Labute approximate surface area is 145 Å². The number of nitrogens with zero attached hydrogens (tertiary/aromatic N) is 1. The maximum Gasteiger partial charge on any atom is 0.326 e. The number of rotatable bonds is 8. The van der Waals surface area contributed by atoms with Gasteiger partial charge < -0.3 is 19.7 Å². The van der Waals surface area contributed by atoms with E-state index in [1.165, 1.54) is 24.2 Å². The highest BCUT2D eigenvalue weighted by Crippen LogP contribution is 2.10. The molecule has 0 saturated heterocycles. The van der Waals surface area contributed by atoms with Crippen LogP contribution >= 0.6 is 0 Å². The molecule has 0 aliphatic carbocycles. The maximum atomic E-state index is 12.4. The minimum Gasteiger partial charge on any atom is -0.480 e. The molecule has 7 nitrogen and oxygen atoms in total. The summed E-state index contributed by atoms with van der Waals surface area (Å²) in [6.45, 7) is 1.75. The van der Waals surface area contributed by atoms with Crippen molar-refractivity contribution in [2.24, 2.45) is 0 Å². The number of nitrogens with one attached hydrogen (secondary N) is 1. The summed E-state index contributed by atoms with van der Waals surface area (Å²) in [5.41, 5.74) is 0.837. The van der Waals surface area contributed by atoms with Gasteiger partial charge in [0.2, 0.25) is 5.91 Å². The lowest BCUT2D eigenvalue weighted by atomic mass is 10.1. The summed E-state index contributed by atoms with van der Waals surface area (Å²) in [4.78, 5) is 36.8. The lowest BCUT2D eigenvalue weighted by Gasteiger charge is -2.26. The molecule has 1 aromatic carbocycles. The number of aliphatic carboxylic acids is 1. The van der Waals surface area contributed by atoms with E-state index in [0.29, 0.717) is 0 Å². The zero-order chi connectivity index (χ0) is 18.2. The van der Waals surface area contributed by atoms with Gasteiger partial charge in [0, 0.05) is 19.5 Å². The Morgan fingerprint density at radius 1 is 1.16 bits per heavy atom. The number of carboxylic acids is 1. The van der Waals surface area contributed by atoms with Crippen molar-refractivity contribution in [3.05, 3.63) is 60.1 Å². The van der Waals surface area contributed by atoms with E-state index < -0.39 is 17.9 Å². The predicted molar refractivity (Wildman–Crippen MR) is 89.7 cm³/mol. The van der Waals surface area contributed by atoms with E-state index in [0.717, 1.165) is 5.56 Å². The second-order valence-corrected chi connectivity index (χ2v) is 5.50. The van der Waals surface area contributed by atoms with Crippen LogP contribution < -0.4 is 5.32 Å². The minimum atomic E-state index is -1.08. The molecule has 7 heteroatoms. The molecule has 2 rings (SSSR count). The van der Waals surface area contributed by atoms with Gasteiger partial charge in [0.25, 0.3) is 5.91 Å². The lowest BCUT2D eigenvalue weighted by molar-refractivity contribution is -0.150. The van der Waals surface area contributed by atoms with E-state index >= 15 is 0 Å². The van der Waals surface area contributed by atoms with Crippen molar-refractivity contribution in [3.8, 4) is 0 Å². The van der Waals surface area contributed by atoms with E-state index in [2.05, 4.69) is 5.32 Å². The second-order valence-electron chi connectivity index (χ2n) is 5.50. The van der Waals surface area contributed by atoms with Crippen molar-refractivity contribution in [1.82, 2.24) is 10.2 Å².